The summed E-state index contributed by atoms with van der Waals surface area (Å²) in [7, 11) is 1.52. The summed E-state index contributed by atoms with van der Waals surface area (Å²) in [5, 5.41) is 3.85. The third-order valence-electron chi connectivity index (χ3n) is 7.96. The van der Waals surface area contributed by atoms with Crippen molar-refractivity contribution in [1.29, 1.82) is 0 Å². The number of likely N-dealkylation sites (tertiary alicyclic amines) is 1. The molecule has 2 N–H and O–H groups in total. The van der Waals surface area contributed by atoms with Gasteiger partial charge < -0.3 is 24.5 Å². The van der Waals surface area contributed by atoms with Crippen LogP contribution in [-0.4, -0.2) is 71.0 Å². The molecular formula is C30H41N5O4. The van der Waals surface area contributed by atoms with E-state index in [4.69, 9.17) is 4.74 Å². The normalized spacial score (nSPS) is 14.5. The van der Waals surface area contributed by atoms with Gasteiger partial charge in [0, 0.05) is 41.9 Å². The monoisotopic (exact) mass is 535 g/mol. The Morgan fingerprint density at radius 3 is 2.49 bits per heavy atom. The van der Waals surface area contributed by atoms with Crippen LogP contribution < -0.4 is 15.6 Å². The summed E-state index contributed by atoms with van der Waals surface area (Å²) in [6, 6.07) is 9.74. The second kappa shape index (κ2) is 12.5. The van der Waals surface area contributed by atoms with E-state index in [1.807, 2.05) is 43.9 Å². The minimum absolute atomic E-state index is 0.0707. The van der Waals surface area contributed by atoms with Crippen molar-refractivity contribution in [1.82, 2.24) is 24.7 Å². The summed E-state index contributed by atoms with van der Waals surface area (Å²) in [4.78, 5) is 45.4. The Kier molecular flexibility index (Phi) is 9.12. The van der Waals surface area contributed by atoms with Crippen molar-refractivity contribution in [2.45, 2.75) is 53.6 Å². The molecule has 0 radical (unpaired) electrons. The number of para-hydroxylation sites is 1. The number of aromatic amines is 1. The number of ether oxygens (including phenoxy) is 1. The summed E-state index contributed by atoms with van der Waals surface area (Å²) >= 11 is 0. The number of aryl methyl sites for hydroxylation is 1. The topological polar surface area (TPSA) is 99.7 Å². The SMILES string of the molecule is CCN(CC)C(=O)CN1CCC(Cn2c(C)c(C(=O)NCc3c(OC)cc(C)[nH]c3=O)c3ccccc32)CC1. The maximum atomic E-state index is 13.5. The highest BCUT2D eigenvalue weighted by Crippen LogP contribution is 2.29. The first-order chi connectivity index (χ1) is 18.8. The number of carbonyl (C=O) groups is 2. The van der Waals surface area contributed by atoms with E-state index in [1.54, 1.807) is 13.0 Å². The predicted molar refractivity (Wildman–Crippen MR) is 153 cm³/mol. The Hall–Kier alpha value is -3.59. The molecule has 0 atom stereocenters. The summed E-state index contributed by atoms with van der Waals surface area (Å²) in [5.41, 5.74) is 3.41. The van der Waals surface area contributed by atoms with E-state index in [2.05, 4.69) is 25.8 Å². The number of fused-ring (bicyclic) bond motifs is 1. The van der Waals surface area contributed by atoms with E-state index in [0.29, 0.717) is 35.0 Å². The van der Waals surface area contributed by atoms with Crippen LogP contribution in [0.4, 0.5) is 0 Å². The van der Waals surface area contributed by atoms with E-state index in [9.17, 15) is 14.4 Å². The molecule has 0 unspecified atom stereocenters. The average Bonchev–Trinajstić information content (AvgIpc) is 3.20. The zero-order chi connectivity index (χ0) is 28.1. The third kappa shape index (κ3) is 6.19. The molecule has 4 rings (SSSR count). The zero-order valence-corrected chi connectivity index (χ0v) is 23.8. The van der Waals surface area contributed by atoms with Gasteiger partial charge in [0.1, 0.15) is 5.75 Å². The molecule has 9 heteroatoms. The van der Waals surface area contributed by atoms with Crippen molar-refractivity contribution in [3.63, 3.8) is 0 Å². The van der Waals surface area contributed by atoms with Gasteiger partial charge in [-0.2, -0.15) is 0 Å². The number of benzene rings is 1. The molecule has 9 nitrogen and oxygen atoms in total. The quantitative estimate of drug-likeness (QED) is 0.414. The summed E-state index contributed by atoms with van der Waals surface area (Å²) < 4.78 is 7.63. The fraction of sp³-hybridized carbons (Fsp3) is 0.500. The number of piperidine rings is 1. The first-order valence-electron chi connectivity index (χ1n) is 13.9. The van der Waals surface area contributed by atoms with Crippen LogP contribution in [0.1, 0.15) is 54.0 Å². The molecule has 210 valence electrons. The van der Waals surface area contributed by atoms with Crippen molar-refractivity contribution < 1.29 is 14.3 Å². The van der Waals surface area contributed by atoms with Crippen LogP contribution in [0.3, 0.4) is 0 Å². The van der Waals surface area contributed by atoms with Crippen molar-refractivity contribution in [3.05, 3.63) is 63.2 Å². The molecule has 39 heavy (non-hydrogen) atoms. The highest BCUT2D eigenvalue weighted by molar-refractivity contribution is 6.08. The number of rotatable bonds is 10. The lowest BCUT2D eigenvalue weighted by Crippen LogP contribution is -2.43. The van der Waals surface area contributed by atoms with Crippen LogP contribution in [0.2, 0.25) is 0 Å². The number of hydrogen-bond acceptors (Lipinski definition) is 5. The van der Waals surface area contributed by atoms with Crippen molar-refractivity contribution >= 4 is 22.7 Å². The largest absolute Gasteiger partial charge is 0.496 e. The molecule has 1 fully saturated rings. The first kappa shape index (κ1) is 28.4. The van der Waals surface area contributed by atoms with Crippen LogP contribution in [0.5, 0.6) is 5.75 Å². The molecule has 3 aromatic rings. The lowest BCUT2D eigenvalue weighted by molar-refractivity contribution is -0.132. The molecule has 1 aliphatic heterocycles. The number of carbonyl (C=O) groups excluding carboxylic acids is 2. The van der Waals surface area contributed by atoms with E-state index in [1.165, 1.54) is 7.11 Å². The van der Waals surface area contributed by atoms with E-state index in [-0.39, 0.29) is 23.9 Å². The number of aromatic nitrogens is 2. The number of nitrogens with one attached hydrogen (secondary N) is 2. The number of pyridine rings is 1. The van der Waals surface area contributed by atoms with E-state index in [0.717, 1.165) is 62.2 Å². The molecule has 1 aliphatic rings. The molecular weight excluding hydrogens is 494 g/mol. The first-order valence-corrected chi connectivity index (χ1v) is 13.9. The Morgan fingerprint density at radius 1 is 1.13 bits per heavy atom. The predicted octanol–water partition coefficient (Wildman–Crippen LogP) is 3.47. The molecule has 0 saturated carbocycles. The fourth-order valence-electron chi connectivity index (χ4n) is 5.70. The van der Waals surface area contributed by atoms with Crippen molar-refractivity contribution in [3.8, 4) is 5.75 Å². The van der Waals surface area contributed by atoms with Crippen molar-refractivity contribution in [2.24, 2.45) is 5.92 Å². The van der Waals surface area contributed by atoms with E-state index < -0.39 is 0 Å². The number of H-pyrrole nitrogens is 1. The van der Waals surface area contributed by atoms with Crippen molar-refractivity contribution in [2.75, 3.05) is 39.8 Å². The van der Waals surface area contributed by atoms with Gasteiger partial charge in [-0.15, -0.1) is 0 Å². The Labute approximate surface area is 230 Å². The number of likely N-dealkylation sites (N-methyl/N-ethyl adjacent to an activating group) is 1. The number of amides is 2. The highest BCUT2D eigenvalue weighted by atomic mass is 16.5. The van der Waals surface area contributed by atoms with Crippen LogP contribution in [0.25, 0.3) is 10.9 Å². The van der Waals surface area contributed by atoms with E-state index >= 15 is 0 Å². The molecule has 1 aromatic carbocycles. The second-order valence-electron chi connectivity index (χ2n) is 10.4. The Bertz CT molecular complexity index is 1380. The maximum Gasteiger partial charge on any atom is 0.256 e. The summed E-state index contributed by atoms with van der Waals surface area (Å²) in [6.45, 7) is 12.5. The Balaban J connectivity index is 1.47. The number of hydrogen-bond donors (Lipinski definition) is 2. The molecule has 0 aliphatic carbocycles. The summed E-state index contributed by atoms with van der Waals surface area (Å²) in [5.74, 6) is 0.909. The highest BCUT2D eigenvalue weighted by Gasteiger charge is 2.26. The third-order valence-corrected chi connectivity index (χ3v) is 7.96. The summed E-state index contributed by atoms with van der Waals surface area (Å²) in [6.07, 6.45) is 2.02. The zero-order valence-electron chi connectivity index (χ0n) is 23.8. The second-order valence-corrected chi connectivity index (χ2v) is 10.4. The van der Waals surface area contributed by atoms with Crippen LogP contribution in [0, 0.1) is 19.8 Å². The van der Waals surface area contributed by atoms with Gasteiger partial charge in [-0.25, -0.2) is 0 Å². The smallest absolute Gasteiger partial charge is 0.256 e. The molecule has 1 saturated heterocycles. The fourth-order valence-corrected chi connectivity index (χ4v) is 5.70. The minimum Gasteiger partial charge on any atom is -0.496 e. The lowest BCUT2D eigenvalue weighted by Gasteiger charge is -2.33. The standard InChI is InChI=1S/C30H41N5O4/c1-6-34(7-2)27(36)19-33-14-12-22(13-15-33)18-35-21(4)28(23-10-8-9-11-25(23)35)30(38)31-17-24-26(39-5)16-20(3)32-29(24)37/h8-11,16,22H,6-7,12-15,17-19H2,1-5H3,(H,31,38)(H,32,37). The molecule has 0 bridgehead atoms. The minimum atomic E-state index is -0.267. The van der Waals surface area contributed by atoms with Crippen LogP contribution >= 0.6 is 0 Å². The van der Waals surface area contributed by atoms with Gasteiger partial charge in [-0.05, 0) is 71.7 Å². The van der Waals surface area contributed by atoms with Gasteiger partial charge in [-0.3, -0.25) is 19.3 Å². The molecule has 0 spiro atoms. The van der Waals surface area contributed by atoms with Gasteiger partial charge in [-0.1, -0.05) is 18.2 Å². The Morgan fingerprint density at radius 2 is 1.82 bits per heavy atom. The molecule has 2 aromatic heterocycles. The molecule has 2 amide bonds. The van der Waals surface area contributed by atoms with Crippen LogP contribution in [0.15, 0.2) is 35.1 Å². The maximum absolute atomic E-state index is 13.5. The lowest BCUT2D eigenvalue weighted by atomic mass is 9.96. The average molecular weight is 536 g/mol. The van der Waals surface area contributed by atoms with Gasteiger partial charge >= 0.3 is 0 Å². The van der Waals surface area contributed by atoms with Crippen LogP contribution in [-0.2, 0) is 17.9 Å². The number of nitrogens with zero attached hydrogens (tertiary/aromatic N) is 3. The van der Waals surface area contributed by atoms with Gasteiger partial charge in [0.25, 0.3) is 11.5 Å². The number of methoxy groups -OCH3 is 1. The van der Waals surface area contributed by atoms with Gasteiger partial charge in [0.2, 0.25) is 5.91 Å². The van der Waals surface area contributed by atoms with Gasteiger partial charge in [0.15, 0.2) is 0 Å². The molecule has 3 heterocycles. The van der Waals surface area contributed by atoms with Gasteiger partial charge in [0.05, 0.1) is 31.3 Å².